The predicted molar refractivity (Wildman–Crippen MR) is 94.9 cm³/mol. The van der Waals surface area contributed by atoms with Crippen LogP contribution in [0.3, 0.4) is 0 Å². The van der Waals surface area contributed by atoms with Crippen LogP contribution in [-0.4, -0.2) is 47.4 Å². The summed E-state index contributed by atoms with van der Waals surface area (Å²) in [5.41, 5.74) is 3.76. The molecule has 0 aliphatic heterocycles. The summed E-state index contributed by atoms with van der Waals surface area (Å²) in [7, 11) is 3.54. The van der Waals surface area contributed by atoms with Gasteiger partial charge in [0.1, 0.15) is 0 Å². The van der Waals surface area contributed by atoms with Crippen molar-refractivity contribution in [1.82, 2.24) is 14.7 Å². The van der Waals surface area contributed by atoms with Crippen molar-refractivity contribution in [2.45, 2.75) is 20.4 Å². The second-order valence-corrected chi connectivity index (χ2v) is 5.91. The van der Waals surface area contributed by atoms with E-state index in [4.69, 9.17) is 4.74 Å². The number of hydrogen-bond donors (Lipinski definition) is 1. The monoisotopic (exact) mass is 330 g/mol. The van der Waals surface area contributed by atoms with Gasteiger partial charge < -0.3 is 10.1 Å². The Bertz CT molecular complexity index is 667. The van der Waals surface area contributed by atoms with Crippen molar-refractivity contribution in [2.24, 2.45) is 7.05 Å². The van der Waals surface area contributed by atoms with Crippen LogP contribution in [0.1, 0.15) is 17.0 Å². The quantitative estimate of drug-likeness (QED) is 0.805. The number of carbonyl (C=O) groups is 1. The third-order valence-electron chi connectivity index (χ3n) is 4.00. The smallest absolute Gasteiger partial charge is 0.238 e. The normalized spacial score (nSPS) is 11.0. The summed E-state index contributed by atoms with van der Waals surface area (Å²) >= 11 is 0. The van der Waals surface area contributed by atoms with Crippen LogP contribution in [0.4, 0.5) is 5.69 Å². The molecule has 1 N–H and O–H groups in total. The lowest BCUT2D eigenvalue weighted by Crippen LogP contribution is -2.35. The third-order valence-corrected chi connectivity index (χ3v) is 4.00. The Kier molecular flexibility index (Phi) is 6.52. The predicted octanol–water partition coefficient (Wildman–Crippen LogP) is 2.12. The van der Waals surface area contributed by atoms with Gasteiger partial charge in [-0.2, -0.15) is 5.10 Å². The first kappa shape index (κ1) is 18.2. The van der Waals surface area contributed by atoms with E-state index in [1.807, 2.05) is 39.1 Å². The van der Waals surface area contributed by atoms with Crippen molar-refractivity contribution in [3.63, 3.8) is 0 Å². The first-order valence-corrected chi connectivity index (χ1v) is 8.06. The minimum atomic E-state index is -0.0405. The molecule has 130 valence electrons. The van der Waals surface area contributed by atoms with Crippen molar-refractivity contribution in [3.05, 3.63) is 47.3 Å². The average molecular weight is 330 g/mol. The van der Waals surface area contributed by atoms with Crippen molar-refractivity contribution in [2.75, 3.05) is 32.1 Å². The van der Waals surface area contributed by atoms with E-state index in [-0.39, 0.29) is 5.91 Å². The number of carbonyl (C=O) groups excluding carboxylic acids is 1. The summed E-state index contributed by atoms with van der Waals surface area (Å²) in [6.07, 6.45) is 0. The number of nitrogens with zero attached hydrogens (tertiary/aromatic N) is 3. The summed E-state index contributed by atoms with van der Waals surface area (Å²) in [4.78, 5) is 14.5. The molecule has 0 fully saturated rings. The number of rotatable bonds is 8. The van der Waals surface area contributed by atoms with E-state index in [1.165, 1.54) is 5.56 Å². The summed E-state index contributed by atoms with van der Waals surface area (Å²) in [5.74, 6) is -0.0405. The second-order valence-electron chi connectivity index (χ2n) is 5.91. The summed E-state index contributed by atoms with van der Waals surface area (Å²) in [6.45, 7) is 6.15. The van der Waals surface area contributed by atoms with Crippen LogP contribution in [-0.2, 0) is 23.1 Å². The number of amides is 1. The van der Waals surface area contributed by atoms with Crippen molar-refractivity contribution in [1.29, 1.82) is 0 Å². The lowest BCUT2D eigenvalue weighted by atomic mass is 10.2. The van der Waals surface area contributed by atoms with E-state index in [2.05, 4.69) is 27.4 Å². The summed E-state index contributed by atoms with van der Waals surface area (Å²) < 4.78 is 6.94. The maximum absolute atomic E-state index is 12.5. The molecule has 2 rings (SSSR count). The maximum atomic E-state index is 12.5. The number of nitrogens with one attached hydrogen (secondary N) is 1. The molecule has 0 unspecified atom stereocenters. The SMILES string of the molecule is COCCN(CC(=O)Nc1c(C)nn(C)c1C)Cc1ccccc1. The van der Waals surface area contributed by atoms with Crippen molar-refractivity contribution >= 4 is 11.6 Å². The van der Waals surface area contributed by atoms with E-state index in [9.17, 15) is 4.79 Å². The van der Waals surface area contributed by atoms with Gasteiger partial charge in [-0.05, 0) is 19.4 Å². The van der Waals surface area contributed by atoms with Crippen LogP contribution in [0.5, 0.6) is 0 Å². The fourth-order valence-electron chi connectivity index (χ4n) is 2.61. The van der Waals surface area contributed by atoms with E-state index >= 15 is 0 Å². The van der Waals surface area contributed by atoms with Gasteiger partial charge in [0.05, 0.1) is 30.2 Å². The zero-order valence-electron chi connectivity index (χ0n) is 14.9. The summed E-state index contributed by atoms with van der Waals surface area (Å²) in [5, 5.41) is 7.32. The zero-order chi connectivity index (χ0) is 17.5. The number of methoxy groups -OCH3 is 1. The standard InChI is InChI=1S/C18H26N4O2/c1-14-18(15(2)21(3)20-14)19-17(23)13-22(10-11-24-4)12-16-8-6-5-7-9-16/h5-9H,10-13H2,1-4H3,(H,19,23). The zero-order valence-corrected chi connectivity index (χ0v) is 14.9. The highest BCUT2D eigenvalue weighted by Gasteiger charge is 2.15. The van der Waals surface area contributed by atoms with Crippen molar-refractivity contribution < 1.29 is 9.53 Å². The highest BCUT2D eigenvalue weighted by atomic mass is 16.5. The van der Waals surface area contributed by atoms with Gasteiger partial charge in [-0.25, -0.2) is 0 Å². The molecule has 2 aromatic rings. The molecule has 0 bridgehead atoms. The van der Waals surface area contributed by atoms with Crippen LogP contribution < -0.4 is 5.32 Å². The fraction of sp³-hybridized carbons (Fsp3) is 0.444. The third kappa shape index (κ3) is 4.91. The molecule has 0 aliphatic carbocycles. The van der Waals surface area contributed by atoms with Gasteiger partial charge >= 0.3 is 0 Å². The van der Waals surface area contributed by atoms with E-state index in [0.717, 1.165) is 17.1 Å². The minimum Gasteiger partial charge on any atom is -0.383 e. The Morgan fingerprint density at radius 3 is 2.58 bits per heavy atom. The topological polar surface area (TPSA) is 59.4 Å². The Hall–Kier alpha value is -2.18. The van der Waals surface area contributed by atoms with Gasteiger partial charge in [-0.1, -0.05) is 30.3 Å². The largest absolute Gasteiger partial charge is 0.383 e. The number of benzene rings is 1. The van der Waals surface area contributed by atoms with Crippen LogP contribution in [0, 0.1) is 13.8 Å². The van der Waals surface area contributed by atoms with Gasteiger partial charge in [-0.15, -0.1) is 0 Å². The molecule has 0 atom stereocenters. The molecule has 0 aliphatic rings. The highest BCUT2D eigenvalue weighted by molar-refractivity contribution is 5.93. The van der Waals surface area contributed by atoms with Gasteiger partial charge in [0.25, 0.3) is 0 Å². The van der Waals surface area contributed by atoms with Crippen LogP contribution >= 0.6 is 0 Å². The molecule has 0 spiro atoms. The molecule has 6 heteroatoms. The molecule has 1 aromatic carbocycles. The molecule has 24 heavy (non-hydrogen) atoms. The fourth-order valence-corrected chi connectivity index (χ4v) is 2.61. The number of aryl methyl sites for hydroxylation is 2. The van der Waals surface area contributed by atoms with Crippen LogP contribution in [0.25, 0.3) is 0 Å². The molecule has 0 saturated carbocycles. The van der Waals surface area contributed by atoms with Crippen molar-refractivity contribution in [3.8, 4) is 0 Å². The Morgan fingerprint density at radius 2 is 2.00 bits per heavy atom. The number of hydrogen-bond acceptors (Lipinski definition) is 4. The van der Waals surface area contributed by atoms with Gasteiger partial charge in [-0.3, -0.25) is 14.4 Å². The Balaban J connectivity index is 2.01. The van der Waals surface area contributed by atoms with Gasteiger partial charge in [0.2, 0.25) is 5.91 Å². The number of anilines is 1. The number of ether oxygens (including phenoxy) is 1. The Labute approximate surface area is 143 Å². The second kappa shape index (κ2) is 8.61. The minimum absolute atomic E-state index is 0.0405. The molecule has 1 amide bonds. The molecule has 0 radical (unpaired) electrons. The number of aromatic nitrogens is 2. The van der Waals surface area contributed by atoms with E-state index in [1.54, 1.807) is 11.8 Å². The van der Waals surface area contributed by atoms with E-state index in [0.29, 0.717) is 26.2 Å². The van der Waals surface area contributed by atoms with Gasteiger partial charge in [0.15, 0.2) is 0 Å². The first-order valence-electron chi connectivity index (χ1n) is 8.06. The molecular formula is C18H26N4O2. The lowest BCUT2D eigenvalue weighted by Gasteiger charge is -2.21. The molecule has 0 saturated heterocycles. The highest BCUT2D eigenvalue weighted by Crippen LogP contribution is 2.18. The van der Waals surface area contributed by atoms with E-state index < -0.39 is 0 Å². The summed E-state index contributed by atoms with van der Waals surface area (Å²) in [6, 6.07) is 10.1. The first-order chi connectivity index (χ1) is 11.5. The lowest BCUT2D eigenvalue weighted by molar-refractivity contribution is -0.117. The molecular weight excluding hydrogens is 304 g/mol. The molecule has 1 heterocycles. The molecule has 1 aromatic heterocycles. The van der Waals surface area contributed by atoms with Crippen LogP contribution in [0.2, 0.25) is 0 Å². The maximum Gasteiger partial charge on any atom is 0.238 e. The average Bonchev–Trinajstić information content (AvgIpc) is 2.80. The van der Waals surface area contributed by atoms with Crippen LogP contribution in [0.15, 0.2) is 30.3 Å². The van der Waals surface area contributed by atoms with Gasteiger partial charge in [0, 0.05) is 27.2 Å². The molecule has 6 nitrogen and oxygen atoms in total. The Morgan fingerprint density at radius 1 is 1.29 bits per heavy atom.